The first kappa shape index (κ1) is 18.7. The Labute approximate surface area is 147 Å². The van der Waals surface area contributed by atoms with Gasteiger partial charge in [0.1, 0.15) is 0 Å². The van der Waals surface area contributed by atoms with Crippen LogP contribution in [-0.4, -0.2) is 37.0 Å². The number of sulfone groups is 1. The highest BCUT2D eigenvalue weighted by atomic mass is 35.5. The van der Waals surface area contributed by atoms with Crippen molar-refractivity contribution in [3.63, 3.8) is 0 Å². The summed E-state index contributed by atoms with van der Waals surface area (Å²) >= 11 is 6.03. The highest BCUT2D eigenvalue weighted by Crippen LogP contribution is 2.32. The summed E-state index contributed by atoms with van der Waals surface area (Å²) in [6, 6.07) is 8.20. The number of rotatable bonds is 6. The van der Waals surface area contributed by atoms with Gasteiger partial charge in [-0.3, -0.25) is 0 Å². The van der Waals surface area contributed by atoms with Gasteiger partial charge in [0.25, 0.3) is 0 Å². The van der Waals surface area contributed by atoms with Crippen LogP contribution in [0.5, 0.6) is 5.88 Å². The largest absolute Gasteiger partial charge is 0.477 e. The van der Waals surface area contributed by atoms with Crippen molar-refractivity contribution in [2.24, 2.45) is 0 Å². The summed E-state index contributed by atoms with van der Waals surface area (Å²) in [5.41, 5.74) is 0.401. The molecule has 2 rings (SSSR count). The first-order valence-corrected chi connectivity index (χ1v) is 9.64. The highest BCUT2D eigenvalue weighted by molar-refractivity contribution is 7.90. The molecular weight excluding hydrogens is 350 g/mol. The molecule has 1 aromatic carbocycles. The second-order valence-electron chi connectivity index (χ2n) is 6.22. The van der Waals surface area contributed by atoms with Crippen LogP contribution >= 0.6 is 11.6 Å². The van der Waals surface area contributed by atoms with Crippen molar-refractivity contribution < 1.29 is 18.3 Å². The number of hydrogen-bond acceptors (Lipinski definition) is 5. The Morgan fingerprint density at radius 3 is 2.62 bits per heavy atom. The number of aliphatic hydroxyl groups is 1. The van der Waals surface area contributed by atoms with Gasteiger partial charge in [0.05, 0.1) is 22.1 Å². The van der Waals surface area contributed by atoms with Crippen LogP contribution in [-0.2, 0) is 9.84 Å². The normalized spacial score (nSPS) is 12.2. The van der Waals surface area contributed by atoms with Crippen molar-refractivity contribution in [1.82, 2.24) is 4.98 Å². The van der Waals surface area contributed by atoms with E-state index in [0.717, 1.165) is 6.26 Å². The fraction of sp³-hybridized carbons (Fsp3) is 0.353. The number of aromatic nitrogens is 1. The first-order valence-electron chi connectivity index (χ1n) is 7.37. The monoisotopic (exact) mass is 369 g/mol. The van der Waals surface area contributed by atoms with Crippen LogP contribution in [0, 0.1) is 0 Å². The molecule has 0 amide bonds. The molecule has 1 N–H and O–H groups in total. The van der Waals surface area contributed by atoms with Gasteiger partial charge >= 0.3 is 0 Å². The Kier molecular flexibility index (Phi) is 5.52. The lowest BCUT2D eigenvalue weighted by Gasteiger charge is -2.18. The fourth-order valence-electron chi connectivity index (χ4n) is 2.04. The van der Waals surface area contributed by atoms with Crippen molar-refractivity contribution in [2.75, 3.05) is 12.9 Å². The summed E-state index contributed by atoms with van der Waals surface area (Å²) < 4.78 is 29.2. The van der Waals surface area contributed by atoms with Gasteiger partial charge in [-0.15, -0.1) is 0 Å². The van der Waals surface area contributed by atoms with E-state index in [0.29, 0.717) is 28.5 Å². The van der Waals surface area contributed by atoms with E-state index in [1.165, 1.54) is 12.3 Å². The molecule has 0 aliphatic rings. The maximum Gasteiger partial charge on any atom is 0.221 e. The minimum Gasteiger partial charge on any atom is -0.477 e. The number of halogens is 1. The second-order valence-corrected chi connectivity index (χ2v) is 8.67. The van der Waals surface area contributed by atoms with Crippen LogP contribution in [0.4, 0.5) is 0 Å². The molecule has 0 spiro atoms. The molecule has 0 aliphatic heterocycles. The molecule has 2 aromatic rings. The summed E-state index contributed by atoms with van der Waals surface area (Å²) in [5, 5.41) is 10.2. The molecular formula is C17H20ClNO4S. The van der Waals surface area contributed by atoms with E-state index in [-0.39, 0.29) is 11.5 Å². The van der Waals surface area contributed by atoms with E-state index in [1.54, 1.807) is 38.1 Å². The maximum absolute atomic E-state index is 11.7. The van der Waals surface area contributed by atoms with Crippen molar-refractivity contribution in [3.8, 4) is 17.0 Å². The topological polar surface area (TPSA) is 76.5 Å². The number of benzene rings is 1. The highest BCUT2D eigenvalue weighted by Gasteiger charge is 2.16. The van der Waals surface area contributed by atoms with E-state index in [2.05, 4.69) is 4.98 Å². The van der Waals surface area contributed by atoms with Gasteiger partial charge in [-0.1, -0.05) is 23.7 Å². The second kappa shape index (κ2) is 7.09. The van der Waals surface area contributed by atoms with E-state index < -0.39 is 15.4 Å². The van der Waals surface area contributed by atoms with Crippen LogP contribution in [0.1, 0.15) is 20.3 Å². The Bertz CT molecular complexity index is 829. The van der Waals surface area contributed by atoms with Crippen LogP contribution in [0.15, 0.2) is 41.4 Å². The number of hydrogen-bond donors (Lipinski definition) is 1. The third kappa shape index (κ3) is 5.19. The Morgan fingerprint density at radius 2 is 2.00 bits per heavy atom. The zero-order valence-corrected chi connectivity index (χ0v) is 15.4. The van der Waals surface area contributed by atoms with Crippen LogP contribution in [0.2, 0.25) is 5.02 Å². The van der Waals surface area contributed by atoms with Gasteiger partial charge in [-0.25, -0.2) is 13.4 Å². The molecule has 0 fully saturated rings. The maximum atomic E-state index is 11.7. The van der Waals surface area contributed by atoms with E-state index >= 15 is 0 Å². The van der Waals surface area contributed by atoms with Gasteiger partial charge < -0.3 is 9.84 Å². The third-order valence-electron chi connectivity index (χ3n) is 3.34. The van der Waals surface area contributed by atoms with Crippen LogP contribution < -0.4 is 4.74 Å². The quantitative estimate of drug-likeness (QED) is 0.845. The number of ether oxygens (including phenoxy) is 1. The SMILES string of the molecule is CC(C)(O)CCOc1ncc(Cl)cc1-c1cccc(S(C)(=O)=O)c1. The fourth-order valence-corrected chi connectivity index (χ4v) is 2.87. The molecule has 0 bridgehead atoms. The van der Waals surface area contributed by atoms with E-state index in [4.69, 9.17) is 16.3 Å². The Hall–Kier alpha value is -1.63. The molecule has 130 valence electrons. The average molecular weight is 370 g/mol. The standard InChI is InChI=1S/C17H20ClNO4S/c1-17(2,20)7-8-23-16-15(10-13(18)11-19-16)12-5-4-6-14(9-12)24(3,21)22/h4-6,9-11,20H,7-8H2,1-3H3. The predicted octanol–water partition coefficient (Wildman–Crippen LogP) is 3.35. The van der Waals surface area contributed by atoms with Crippen molar-refractivity contribution >= 4 is 21.4 Å². The lowest BCUT2D eigenvalue weighted by molar-refractivity contribution is 0.0548. The zero-order valence-electron chi connectivity index (χ0n) is 13.8. The molecule has 0 saturated carbocycles. The van der Waals surface area contributed by atoms with Crippen molar-refractivity contribution in [2.45, 2.75) is 30.8 Å². The molecule has 7 heteroatoms. The molecule has 0 atom stereocenters. The van der Waals surface area contributed by atoms with Gasteiger partial charge in [-0.05, 0) is 37.6 Å². The molecule has 0 saturated heterocycles. The smallest absolute Gasteiger partial charge is 0.221 e. The lowest BCUT2D eigenvalue weighted by Crippen LogP contribution is -2.22. The third-order valence-corrected chi connectivity index (χ3v) is 4.66. The van der Waals surface area contributed by atoms with Gasteiger partial charge in [0.15, 0.2) is 9.84 Å². The molecule has 0 unspecified atom stereocenters. The number of nitrogens with zero attached hydrogens (tertiary/aromatic N) is 1. The first-order chi connectivity index (χ1) is 11.1. The summed E-state index contributed by atoms with van der Waals surface area (Å²) in [6.45, 7) is 3.67. The molecule has 24 heavy (non-hydrogen) atoms. The summed E-state index contributed by atoms with van der Waals surface area (Å²) in [5.74, 6) is 0.342. The molecule has 1 aromatic heterocycles. The summed E-state index contributed by atoms with van der Waals surface area (Å²) in [6.07, 6.45) is 3.05. The van der Waals surface area contributed by atoms with Crippen LogP contribution in [0.3, 0.4) is 0 Å². The summed E-state index contributed by atoms with van der Waals surface area (Å²) in [7, 11) is -3.32. The Balaban J connectivity index is 2.37. The van der Waals surface area contributed by atoms with Crippen molar-refractivity contribution in [1.29, 1.82) is 0 Å². The molecule has 5 nitrogen and oxygen atoms in total. The van der Waals surface area contributed by atoms with Gasteiger partial charge in [0, 0.05) is 24.4 Å². The average Bonchev–Trinajstić information content (AvgIpc) is 2.47. The van der Waals surface area contributed by atoms with E-state index in [1.807, 2.05) is 0 Å². The zero-order chi connectivity index (χ0) is 18.0. The number of pyridine rings is 1. The molecule has 1 heterocycles. The lowest BCUT2D eigenvalue weighted by atomic mass is 10.1. The molecule has 0 radical (unpaired) electrons. The van der Waals surface area contributed by atoms with Crippen molar-refractivity contribution in [3.05, 3.63) is 41.6 Å². The minimum absolute atomic E-state index is 0.211. The minimum atomic E-state index is -3.32. The van der Waals surface area contributed by atoms with Gasteiger partial charge in [0.2, 0.25) is 5.88 Å². The summed E-state index contributed by atoms with van der Waals surface area (Å²) in [4.78, 5) is 4.39. The van der Waals surface area contributed by atoms with E-state index in [9.17, 15) is 13.5 Å². The predicted molar refractivity (Wildman–Crippen MR) is 94.2 cm³/mol. The molecule has 0 aliphatic carbocycles. The Morgan fingerprint density at radius 1 is 1.29 bits per heavy atom. The van der Waals surface area contributed by atoms with Crippen LogP contribution in [0.25, 0.3) is 11.1 Å². The van der Waals surface area contributed by atoms with Gasteiger partial charge in [-0.2, -0.15) is 0 Å².